The molecule has 0 aliphatic rings. The number of Topliss-reactive ketones (excluding diaryl/α,β-unsaturated/α-hetero) is 2. The Labute approximate surface area is 115 Å². The maximum Gasteiger partial charge on any atom is 0.270 e. The summed E-state index contributed by atoms with van der Waals surface area (Å²) in [5.41, 5.74) is -0.100. The Kier molecular flexibility index (Phi) is 5.48. The van der Waals surface area contributed by atoms with E-state index in [1.807, 2.05) is 0 Å². The lowest BCUT2D eigenvalue weighted by Gasteiger charge is -2.16. The van der Waals surface area contributed by atoms with E-state index in [0.717, 1.165) is 6.07 Å². The monoisotopic (exact) mass is 281 g/mol. The van der Waals surface area contributed by atoms with E-state index < -0.39 is 28.7 Å². The molecule has 0 saturated carbocycles. The van der Waals surface area contributed by atoms with Crippen LogP contribution in [0.15, 0.2) is 24.3 Å². The molecular formula is C13H15NO6. The van der Waals surface area contributed by atoms with E-state index in [1.54, 1.807) is 0 Å². The summed E-state index contributed by atoms with van der Waals surface area (Å²) in [6.07, 6.45) is -1.13. The second kappa shape index (κ2) is 6.88. The number of benzene rings is 1. The Hall–Kier alpha value is -2.12. The molecule has 0 heterocycles. The van der Waals surface area contributed by atoms with E-state index in [2.05, 4.69) is 0 Å². The molecule has 0 aliphatic carbocycles. The summed E-state index contributed by atoms with van der Waals surface area (Å²) in [6, 6.07) is 5.23. The molecule has 0 N–H and O–H groups in total. The van der Waals surface area contributed by atoms with Crippen LogP contribution in [0.5, 0.6) is 0 Å². The lowest BCUT2D eigenvalue weighted by Crippen LogP contribution is -2.34. The molecule has 1 rings (SSSR count). The van der Waals surface area contributed by atoms with Crippen molar-refractivity contribution in [3.05, 3.63) is 39.9 Å². The molecule has 1 aromatic carbocycles. The number of ketones is 2. The summed E-state index contributed by atoms with van der Waals surface area (Å²) >= 11 is 0. The van der Waals surface area contributed by atoms with Gasteiger partial charge in [0.05, 0.1) is 10.8 Å². The first kappa shape index (κ1) is 15.9. The van der Waals surface area contributed by atoms with Crippen molar-refractivity contribution >= 4 is 17.3 Å². The van der Waals surface area contributed by atoms with Crippen molar-refractivity contribution in [1.82, 2.24) is 0 Å². The van der Waals surface area contributed by atoms with Crippen LogP contribution >= 0.6 is 0 Å². The molecular weight excluding hydrogens is 266 g/mol. The fourth-order valence-electron chi connectivity index (χ4n) is 1.68. The van der Waals surface area contributed by atoms with Gasteiger partial charge in [-0.25, -0.2) is 0 Å². The number of nitrogens with zero attached hydrogens (tertiary/aromatic N) is 1. The molecule has 0 aliphatic heterocycles. The normalized spacial score (nSPS) is 12.2. The van der Waals surface area contributed by atoms with Crippen LogP contribution in [0.2, 0.25) is 0 Å². The maximum atomic E-state index is 12.1. The molecule has 0 saturated heterocycles. The zero-order valence-corrected chi connectivity index (χ0v) is 11.4. The van der Waals surface area contributed by atoms with Gasteiger partial charge in [-0.05, 0) is 6.92 Å². The number of nitro groups is 1. The van der Waals surface area contributed by atoms with Gasteiger partial charge in [0.15, 0.2) is 11.6 Å². The van der Waals surface area contributed by atoms with Crippen LogP contribution in [0.25, 0.3) is 0 Å². The Balaban J connectivity index is 2.97. The number of rotatable bonds is 7. The number of carbonyl (C=O) groups excluding carboxylic acids is 2. The molecule has 1 aromatic rings. The van der Waals surface area contributed by atoms with Crippen molar-refractivity contribution < 1.29 is 24.0 Å². The van der Waals surface area contributed by atoms with Crippen molar-refractivity contribution in [1.29, 1.82) is 0 Å². The molecule has 0 bridgehead atoms. The van der Waals surface area contributed by atoms with Crippen LogP contribution in [-0.2, 0) is 14.3 Å². The third-order valence-electron chi connectivity index (χ3n) is 2.82. The van der Waals surface area contributed by atoms with Gasteiger partial charge in [-0.15, -0.1) is 0 Å². The van der Waals surface area contributed by atoms with Gasteiger partial charge < -0.3 is 9.47 Å². The number of carbonyl (C=O) groups is 2. The van der Waals surface area contributed by atoms with Crippen LogP contribution in [-0.4, -0.2) is 37.0 Å². The highest BCUT2D eigenvalue weighted by atomic mass is 16.7. The Bertz CT molecular complexity index is 523. The second-order valence-electron chi connectivity index (χ2n) is 4.10. The van der Waals surface area contributed by atoms with Crippen molar-refractivity contribution in [2.75, 3.05) is 14.2 Å². The smallest absolute Gasteiger partial charge is 0.270 e. The van der Waals surface area contributed by atoms with E-state index >= 15 is 0 Å². The molecule has 0 fully saturated rings. The lowest BCUT2D eigenvalue weighted by molar-refractivity contribution is -0.384. The van der Waals surface area contributed by atoms with E-state index in [0.29, 0.717) is 0 Å². The summed E-state index contributed by atoms with van der Waals surface area (Å²) in [7, 11) is 2.58. The van der Waals surface area contributed by atoms with Gasteiger partial charge in [0.25, 0.3) is 5.69 Å². The minimum Gasteiger partial charge on any atom is -0.349 e. The van der Waals surface area contributed by atoms with Crippen molar-refractivity contribution in [3.63, 3.8) is 0 Å². The Morgan fingerprint density at radius 3 is 2.35 bits per heavy atom. The SMILES string of the molecule is COC(OC)C(=O)C(C)C(=O)c1cccc([N+](=O)[O-])c1. The van der Waals surface area contributed by atoms with Crippen LogP contribution in [0.1, 0.15) is 17.3 Å². The molecule has 1 atom stereocenters. The fourth-order valence-corrected chi connectivity index (χ4v) is 1.68. The van der Waals surface area contributed by atoms with E-state index in [4.69, 9.17) is 9.47 Å². The van der Waals surface area contributed by atoms with Gasteiger partial charge in [0, 0.05) is 31.9 Å². The van der Waals surface area contributed by atoms with Crippen molar-refractivity contribution in [3.8, 4) is 0 Å². The average molecular weight is 281 g/mol. The summed E-state index contributed by atoms with van der Waals surface area (Å²) in [4.78, 5) is 34.1. The second-order valence-corrected chi connectivity index (χ2v) is 4.10. The summed E-state index contributed by atoms with van der Waals surface area (Å²) in [5, 5.41) is 10.7. The minimum absolute atomic E-state index is 0.103. The van der Waals surface area contributed by atoms with Gasteiger partial charge in [-0.1, -0.05) is 12.1 Å². The zero-order chi connectivity index (χ0) is 15.3. The number of non-ortho nitro benzene ring substituents is 1. The zero-order valence-electron chi connectivity index (χ0n) is 11.4. The van der Waals surface area contributed by atoms with E-state index in [9.17, 15) is 19.7 Å². The van der Waals surface area contributed by atoms with Gasteiger partial charge in [0.1, 0.15) is 0 Å². The Morgan fingerprint density at radius 1 is 1.25 bits per heavy atom. The minimum atomic E-state index is -1.13. The van der Waals surface area contributed by atoms with Gasteiger partial charge >= 0.3 is 0 Å². The van der Waals surface area contributed by atoms with Gasteiger partial charge in [-0.2, -0.15) is 0 Å². The predicted molar refractivity (Wildman–Crippen MR) is 69.4 cm³/mol. The molecule has 7 heteroatoms. The third-order valence-corrected chi connectivity index (χ3v) is 2.82. The van der Waals surface area contributed by atoms with Gasteiger partial charge in [0.2, 0.25) is 6.29 Å². The number of methoxy groups -OCH3 is 2. The lowest BCUT2D eigenvalue weighted by atomic mass is 9.95. The third kappa shape index (κ3) is 3.46. The number of nitro benzene ring substituents is 1. The quantitative estimate of drug-likeness (QED) is 0.248. The van der Waals surface area contributed by atoms with Crippen LogP contribution in [0.3, 0.4) is 0 Å². The summed E-state index contributed by atoms with van der Waals surface area (Å²) < 4.78 is 9.60. The molecule has 0 amide bonds. The number of hydrogen-bond donors (Lipinski definition) is 0. The highest BCUT2D eigenvalue weighted by Gasteiger charge is 2.30. The first-order chi connectivity index (χ1) is 9.42. The van der Waals surface area contributed by atoms with E-state index in [-0.39, 0.29) is 11.3 Å². The first-order valence-corrected chi connectivity index (χ1v) is 5.80. The van der Waals surface area contributed by atoms with Crippen molar-refractivity contribution in [2.45, 2.75) is 13.2 Å². The summed E-state index contributed by atoms with van der Waals surface area (Å²) in [6.45, 7) is 1.41. The molecule has 0 spiro atoms. The number of hydrogen-bond acceptors (Lipinski definition) is 6. The Morgan fingerprint density at radius 2 is 1.85 bits per heavy atom. The van der Waals surface area contributed by atoms with Crippen LogP contribution < -0.4 is 0 Å². The number of ether oxygens (including phenoxy) is 2. The fraction of sp³-hybridized carbons (Fsp3) is 0.385. The standard InChI is InChI=1S/C13H15NO6/c1-8(12(16)13(19-2)20-3)11(15)9-5-4-6-10(7-9)14(17)18/h4-8,13H,1-3H3. The topological polar surface area (TPSA) is 95.7 Å². The molecule has 20 heavy (non-hydrogen) atoms. The molecule has 108 valence electrons. The molecule has 0 aromatic heterocycles. The summed E-state index contributed by atoms with van der Waals surface area (Å²) in [5.74, 6) is -2.06. The maximum absolute atomic E-state index is 12.1. The van der Waals surface area contributed by atoms with Crippen LogP contribution in [0.4, 0.5) is 5.69 Å². The van der Waals surface area contributed by atoms with Gasteiger partial charge in [-0.3, -0.25) is 19.7 Å². The first-order valence-electron chi connectivity index (χ1n) is 5.80. The largest absolute Gasteiger partial charge is 0.349 e. The van der Waals surface area contributed by atoms with Crippen molar-refractivity contribution in [2.24, 2.45) is 5.92 Å². The molecule has 7 nitrogen and oxygen atoms in total. The van der Waals surface area contributed by atoms with Crippen LogP contribution in [0, 0.1) is 16.0 Å². The molecule has 1 unspecified atom stereocenters. The highest BCUT2D eigenvalue weighted by molar-refractivity contribution is 6.11. The average Bonchev–Trinajstić information content (AvgIpc) is 2.46. The van der Waals surface area contributed by atoms with E-state index in [1.165, 1.54) is 39.3 Å². The molecule has 0 radical (unpaired) electrons. The highest BCUT2D eigenvalue weighted by Crippen LogP contribution is 2.18. The predicted octanol–water partition coefficient (Wildman–Crippen LogP) is 1.60.